The van der Waals surface area contributed by atoms with Crippen LogP contribution in [0.1, 0.15) is 54.4 Å². The van der Waals surface area contributed by atoms with Crippen LogP contribution in [0.25, 0.3) is 0 Å². The number of carbonyl (C=O) groups is 1. The summed E-state index contributed by atoms with van der Waals surface area (Å²) < 4.78 is 5.61. The SMILES string of the molecule is CCOc1ccc(CN2CCc3c(nc(C4CCN(C(C)=O)C4)nc3NC)C2)cc1CO. The van der Waals surface area contributed by atoms with Gasteiger partial charge in [-0.1, -0.05) is 6.07 Å². The van der Waals surface area contributed by atoms with Gasteiger partial charge in [0, 0.05) is 63.7 Å². The number of ether oxygens (including phenoxy) is 1. The molecule has 3 heterocycles. The average Bonchev–Trinajstić information content (AvgIpc) is 3.30. The van der Waals surface area contributed by atoms with Crippen molar-refractivity contribution in [2.75, 3.05) is 38.6 Å². The molecule has 2 aliphatic rings. The summed E-state index contributed by atoms with van der Waals surface area (Å²) in [4.78, 5) is 25.8. The molecule has 1 aromatic carbocycles. The minimum atomic E-state index is -0.0349. The van der Waals surface area contributed by atoms with E-state index in [9.17, 15) is 9.90 Å². The first-order valence-corrected chi connectivity index (χ1v) is 11.4. The van der Waals surface area contributed by atoms with Crippen LogP contribution in [-0.2, 0) is 30.9 Å². The maximum absolute atomic E-state index is 11.7. The zero-order chi connectivity index (χ0) is 22.7. The van der Waals surface area contributed by atoms with Gasteiger partial charge in [-0.2, -0.15) is 0 Å². The third kappa shape index (κ3) is 4.71. The average molecular weight is 440 g/mol. The van der Waals surface area contributed by atoms with E-state index in [0.29, 0.717) is 13.2 Å². The van der Waals surface area contributed by atoms with Crippen LogP contribution in [0.5, 0.6) is 5.75 Å². The standard InChI is InChI=1S/C24H33N5O3/c1-4-32-22-6-5-17(11-19(22)15-30)12-28-9-8-20-21(14-28)26-23(27-24(20)25-3)18-7-10-29(13-18)16(2)31/h5-6,11,18,30H,4,7-10,12-15H2,1-3H3,(H,25,26,27). The van der Waals surface area contributed by atoms with Crippen molar-refractivity contribution in [3.05, 3.63) is 46.4 Å². The molecule has 1 amide bonds. The van der Waals surface area contributed by atoms with Crippen molar-refractivity contribution in [2.24, 2.45) is 0 Å². The lowest BCUT2D eigenvalue weighted by atomic mass is 10.0. The van der Waals surface area contributed by atoms with Gasteiger partial charge in [-0.3, -0.25) is 9.69 Å². The minimum Gasteiger partial charge on any atom is -0.494 e. The zero-order valence-corrected chi connectivity index (χ0v) is 19.2. The number of nitrogens with zero attached hydrogens (tertiary/aromatic N) is 4. The van der Waals surface area contributed by atoms with Crippen molar-refractivity contribution in [1.82, 2.24) is 19.8 Å². The molecule has 0 bridgehead atoms. The Morgan fingerprint density at radius 2 is 2.16 bits per heavy atom. The van der Waals surface area contributed by atoms with Crippen LogP contribution in [0.15, 0.2) is 18.2 Å². The topological polar surface area (TPSA) is 90.8 Å². The third-order valence-corrected chi connectivity index (χ3v) is 6.40. The highest BCUT2D eigenvalue weighted by molar-refractivity contribution is 5.73. The number of carbonyl (C=O) groups excluding carboxylic acids is 1. The summed E-state index contributed by atoms with van der Waals surface area (Å²) in [5, 5.41) is 13.0. The quantitative estimate of drug-likeness (QED) is 0.684. The molecular formula is C24H33N5O3. The number of aromatic nitrogens is 2. The first kappa shape index (κ1) is 22.5. The lowest BCUT2D eigenvalue weighted by Gasteiger charge is -2.30. The monoisotopic (exact) mass is 439 g/mol. The first-order valence-electron chi connectivity index (χ1n) is 11.4. The predicted molar refractivity (Wildman–Crippen MR) is 123 cm³/mol. The second-order valence-corrected chi connectivity index (χ2v) is 8.55. The number of amides is 1. The highest BCUT2D eigenvalue weighted by Crippen LogP contribution is 2.30. The Labute approximate surface area is 189 Å². The Hall–Kier alpha value is -2.71. The van der Waals surface area contributed by atoms with Gasteiger partial charge in [0.25, 0.3) is 0 Å². The van der Waals surface area contributed by atoms with Crippen molar-refractivity contribution in [3.8, 4) is 5.75 Å². The predicted octanol–water partition coefficient (Wildman–Crippen LogP) is 2.30. The lowest BCUT2D eigenvalue weighted by Crippen LogP contribution is -2.32. The van der Waals surface area contributed by atoms with E-state index in [2.05, 4.69) is 16.3 Å². The molecule has 8 heteroatoms. The molecule has 1 atom stereocenters. The fourth-order valence-electron chi connectivity index (χ4n) is 4.69. The normalized spacial score (nSPS) is 18.5. The van der Waals surface area contributed by atoms with Crippen LogP contribution in [0, 0.1) is 0 Å². The highest BCUT2D eigenvalue weighted by atomic mass is 16.5. The van der Waals surface area contributed by atoms with E-state index in [1.807, 2.05) is 31.0 Å². The van der Waals surface area contributed by atoms with Gasteiger partial charge in [0.05, 0.1) is 18.9 Å². The van der Waals surface area contributed by atoms with Gasteiger partial charge in [-0.25, -0.2) is 9.97 Å². The molecule has 1 aromatic heterocycles. The van der Waals surface area contributed by atoms with E-state index >= 15 is 0 Å². The minimum absolute atomic E-state index is 0.0349. The van der Waals surface area contributed by atoms with Gasteiger partial charge >= 0.3 is 0 Å². The number of anilines is 1. The van der Waals surface area contributed by atoms with Gasteiger partial charge in [0.1, 0.15) is 17.4 Å². The second-order valence-electron chi connectivity index (χ2n) is 8.55. The summed E-state index contributed by atoms with van der Waals surface area (Å²) in [6.07, 6.45) is 1.79. The van der Waals surface area contributed by atoms with Crippen molar-refractivity contribution < 1.29 is 14.6 Å². The number of hydrogen-bond acceptors (Lipinski definition) is 7. The number of likely N-dealkylation sites (tertiary alicyclic amines) is 1. The Kier molecular flexibility index (Phi) is 6.91. The van der Waals surface area contributed by atoms with E-state index in [4.69, 9.17) is 14.7 Å². The molecule has 1 unspecified atom stereocenters. The van der Waals surface area contributed by atoms with Crippen LogP contribution in [0.4, 0.5) is 5.82 Å². The van der Waals surface area contributed by atoms with Crippen LogP contribution < -0.4 is 10.1 Å². The largest absolute Gasteiger partial charge is 0.494 e. The Balaban J connectivity index is 1.52. The number of rotatable bonds is 7. The van der Waals surface area contributed by atoms with Crippen LogP contribution >= 0.6 is 0 Å². The molecule has 0 spiro atoms. The summed E-state index contributed by atoms with van der Waals surface area (Å²) in [6, 6.07) is 6.04. The lowest BCUT2D eigenvalue weighted by molar-refractivity contribution is -0.127. The summed E-state index contributed by atoms with van der Waals surface area (Å²) in [5.41, 5.74) is 4.23. The molecule has 172 valence electrons. The summed E-state index contributed by atoms with van der Waals surface area (Å²) in [5.74, 6) is 2.79. The Morgan fingerprint density at radius 1 is 1.31 bits per heavy atom. The number of aliphatic hydroxyl groups is 1. The summed E-state index contributed by atoms with van der Waals surface area (Å²) in [7, 11) is 1.91. The van der Waals surface area contributed by atoms with Gasteiger partial charge in [0.15, 0.2) is 0 Å². The van der Waals surface area contributed by atoms with Gasteiger partial charge < -0.3 is 20.1 Å². The fraction of sp³-hybridized carbons (Fsp3) is 0.542. The van der Waals surface area contributed by atoms with Crippen LogP contribution in [0.3, 0.4) is 0 Å². The van der Waals surface area contributed by atoms with E-state index in [0.717, 1.165) is 73.2 Å². The van der Waals surface area contributed by atoms with Gasteiger partial charge in [-0.05, 0) is 37.5 Å². The molecule has 0 aliphatic carbocycles. The maximum Gasteiger partial charge on any atom is 0.219 e. The third-order valence-electron chi connectivity index (χ3n) is 6.40. The maximum atomic E-state index is 11.7. The second kappa shape index (κ2) is 9.83. The molecule has 0 radical (unpaired) electrons. The molecule has 1 fully saturated rings. The van der Waals surface area contributed by atoms with Crippen molar-refractivity contribution in [1.29, 1.82) is 0 Å². The molecule has 2 N–H and O–H groups in total. The number of fused-ring (bicyclic) bond motifs is 1. The Morgan fingerprint density at radius 3 is 2.84 bits per heavy atom. The van der Waals surface area contributed by atoms with E-state index in [1.165, 1.54) is 5.56 Å². The van der Waals surface area contributed by atoms with Gasteiger partial charge in [-0.15, -0.1) is 0 Å². The molecule has 0 saturated carbocycles. The zero-order valence-electron chi connectivity index (χ0n) is 19.2. The smallest absolute Gasteiger partial charge is 0.219 e. The van der Waals surface area contributed by atoms with Crippen LogP contribution in [-0.4, -0.2) is 64.1 Å². The Bertz CT molecular complexity index is 980. The summed E-state index contributed by atoms with van der Waals surface area (Å²) in [6.45, 7) is 8.04. The molecule has 32 heavy (non-hydrogen) atoms. The van der Waals surface area contributed by atoms with E-state index in [-0.39, 0.29) is 18.4 Å². The highest BCUT2D eigenvalue weighted by Gasteiger charge is 2.30. The fourth-order valence-corrected chi connectivity index (χ4v) is 4.69. The molecular weight excluding hydrogens is 406 g/mol. The van der Waals surface area contributed by atoms with Crippen molar-refractivity contribution in [3.63, 3.8) is 0 Å². The molecule has 1 saturated heterocycles. The first-order chi connectivity index (χ1) is 15.5. The molecule has 2 aliphatic heterocycles. The number of nitrogens with one attached hydrogen (secondary N) is 1. The van der Waals surface area contributed by atoms with Crippen LogP contribution in [0.2, 0.25) is 0 Å². The number of aliphatic hydroxyl groups excluding tert-OH is 1. The molecule has 8 nitrogen and oxygen atoms in total. The van der Waals surface area contributed by atoms with Gasteiger partial charge in [0.2, 0.25) is 5.91 Å². The van der Waals surface area contributed by atoms with Crippen molar-refractivity contribution in [2.45, 2.75) is 52.3 Å². The van der Waals surface area contributed by atoms with E-state index in [1.54, 1.807) is 6.92 Å². The molecule has 4 rings (SSSR count). The molecule has 2 aromatic rings. The van der Waals surface area contributed by atoms with Crippen molar-refractivity contribution >= 4 is 11.7 Å². The number of benzene rings is 1. The number of hydrogen-bond donors (Lipinski definition) is 2. The van der Waals surface area contributed by atoms with E-state index < -0.39 is 0 Å². The summed E-state index contributed by atoms with van der Waals surface area (Å²) >= 11 is 0.